The van der Waals surface area contributed by atoms with Crippen LogP contribution in [0.5, 0.6) is 5.75 Å². The molecule has 1 aliphatic heterocycles. The van der Waals surface area contributed by atoms with E-state index in [0.717, 1.165) is 37.0 Å². The predicted octanol–water partition coefficient (Wildman–Crippen LogP) is 4.71. The van der Waals surface area contributed by atoms with Crippen molar-refractivity contribution in [1.29, 1.82) is 0 Å². The van der Waals surface area contributed by atoms with E-state index in [1.807, 2.05) is 30.3 Å². The Morgan fingerprint density at radius 2 is 1.96 bits per heavy atom. The Hall–Kier alpha value is -1.86. The highest BCUT2D eigenvalue weighted by Crippen LogP contribution is 2.33. The lowest BCUT2D eigenvalue weighted by atomic mass is 10.2. The second-order valence-electron chi connectivity index (χ2n) is 6.31. The van der Waals surface area contributed by atoms with Crippen molar-refractivity contribution in [2.75, 3.05) is 13.2 Å². The fourth-order valence-corrected chi connectivity index (χ4v) is 3.87. The van der Waals surface area contributed by atoms with Crippen molar-refractivity contribution < 1.29 is 19.4 Å². The molecule has 5 nitrogen and oxygen atoms in total. The SMILES string of the molecule is CCCCOc1ccc(/C=C2\SC(=S)N(CCCCCC(=O)O)C2=O)cc1. The summed E-state index contributed by atoms with van der Waals surface area (Å²) in [6, 6.07) is 7.68. The molecule has 0 atom stereocenters. The average molecular weight is 408 g/mol. The summed E-state index contributed by atoms with van der Waals surface area (Å²) >= 11 is 6.63. The van der Waals surface area contributed by atoms with Crippen molar-refractivity contribution in [2.45, 2.75) is 45.4 Å². The molecule has 1 saturated heterocycles. The van der Waals surface area contributed by atoms with Crippen LogP contribution in [0, 0.1) is 0 Å². The second kappa shape index (κ2) is 11.1. The molecule has 1 N–H and O–H groups in total. The molecule has 7 heteroatoms. The molecule has 1 amide bonds. The maximum Gasteiger partial charge on any atom is 0.303 e. The monoisotopic (exact) mass is 407 g/mol. The number of nitrogens with zero attached hydrogens (tertiary/aromatic N) is 1. The van der Waals surface area contributed by atoms with Gasteiger partial charge in [-0.25, -0.2) is 0 Å². The third-order valence-corrected chi connectivity index (χ3v) is 5.47. The first kappa shape index (κ1) is 21.4. The molecule has 1 aromatic carbocycles. The van der Waals surface area contributed by atoms with Crippen molar-refractivity contribution in [1.82, 2.24) is 4.90 Å². The van der Waals surface area contributed by atoms with Crippen LogP contribution in [-0.4, -0.2) is 39.4 Å². The summed E-state index contributed by atoms with van der Waals surface area (Å²) in [6.07, 6.45) is 6.27. The molecule has 0 spiro atoms. The Bertz CT molecular complexity index is 700. The van der Waals surface area contributed by atoms with Crippen molar-refractivity contribution in [3.8, 4) is 5.75 Å². The normalized spacial score (nSPS) is 15.6. The number of thiocarbonyl (C=S) groups is 1. The van der Waals surface area contributed by atoms with Gasteiger partial charge in [-0.3, -0.25) is 14.5 Å². The Balaban J connectivity index is 1.88. The third kappa shape index (κ3) is 6.99. The summed E-state index contributed by atoms with van der Waals surface area (Å²) in [5.41, 5.74) is 0.930. The predicted molar refractivity (Wildman–Crippen MR) is 113 cm³/mol. The Kier molecular flexibility index (Phi) is 8.81. The highest BCUT2D eigenvalue weighted by atomic mass is 32.2. The largest absolute Gasteiger partial charge is 0.494 e. The number of carbonyl (C=O) groups is 2. The van der Waals surface area contributed by atoms with E-state index in [1.165, 1.54) is 11.8 Å². The van der Waals surface area contributed by atoms with Crippen LogP contribution in [-0.2, 0) is 9.59 Å². The molecular formula is C20H25NO4S2. The molecular weight excluding hydrogens is 382 g/mol. The zero-order valence-corrected chi connectivity index (χ0v) is 17.1. The minimum atomic E-state index is -0.787. The van der Waals surface area contributed by atoms with Crippen LogP contribution >= 0.6 is 24.0 Å². The van der Waals surface area contributed by atoms with Gasteiger partial charge in [-0.05, 0) is 43.0 Å². The molecule has 27 heavy (non-hydrogen) atoms. The fourth-order valence-electron chi connectivity index (χ4n) is 2.56. The van der Waals surface area contributed by atoms with Gasteiger partial charge in [0, 0.05) is 13.0 Å². The molecule has 1 aromatic rings. The molecule has 0 saturated carbocycles. The quantitative estimate of drug-likeness (QED) is 0.325. The number of rotatable bonds is 11. The van der Waals surface area contributed by atoms with Gasteiger partial charge >= 0.3 is 5.97 Å². The lowest BCUT2D eigenvalue weighted by molar-refractivity contribution is -0.137. The Labute approximate surface area is 169 Å². The average Bonchev–Trinajstić information content (AvgIpc) is 2.90. The molecule has 0 aliphatic carbocycles. The number of aliphatic carboxylic acids is 1. The number of carboxylic acid groups (broad SMARTS) is 1. The second-order valence-corrected chi connectivity index (χ2v) is 7.98. The van der Waals surface area contributed by atoms with E-state index in [9.17, 15) is 9.59 Å². The zero-order valence-electron chi connectivity index (χ0n) is 15.5. The van der Waals surface area contributed by atoms with Crippen LogP contribution in [0.1, 0.15) is 51.0 Å². The van der Waals surface area contributed by atoms with Gasteiger partial charge in [-0.15, -0.1) is 0 Å². The smallest absolute Gasteiger partial charge is 0.303 e. The van der Waals surface area contributed by atoms with Gasteiger partial charge in [0.15, 0.2) is 0 Å². The number of hydrogen-bond acceptors (Lipinski definition) is 5. The van der Waals surface area contributed by atoms with Crippen LogP contribution < -0.4 is 4.74 Å². The Morgan fingerprint density at radius 3 is 2.63 bits per heavy atom. The van der Waals surface area contributed by atoms with Gasteiger partial charge in [-0.1, -0.05) is 55.9 Å². The van der Waals surface area contributed by atoms with E-state index in [-0.39, 0.29) is 12.3 Å². The maximum atomic E-state index is 12.6. The Morgan fingerprint density at radius 1 is 1.22 bits per heavy atom. The molecule has 0 bridgehead atoms. The summed E-state index contributed by atoms with van der Waals surface area (Å²) < 4.78 is 6.21. The number of unbranched alkanes of at least 4 members (excludes halogenated alkanes) is 3. The van der Waals surface area contributed by atoms with E-state index in [2.05, 4.69) is 6.92 Å². The van der Waals surface area contributed by atoms with Crippen LogP contribution in [0.25, 0.3) is 6.08 Å². The van der Waals surface area contributed by atoms with Crippen LogP contribution in [0.4, 0.5) is 0 Å². The maximum absolute atomic E-state index is 12.6. The number of amides is 1. The first-order valence-corrected chi connectivity index (χ1v) is 10.4. The van der Waals surface area contributed by atoms with Gasteiger partial charge < -0.3 is 9.84 Å². The number of carboxylic acids is 1. The fraction of sp³-hybridized carbons (Fsp3) is 0.450. The molecule has 146 valence electrons. The molecule has 1 fully saturated rings. The lowest BCUT2D eigenvalue weighted by Crippen LogP contribution is -2.29. The molecule has 2 rings (SSSR count). The number of carbonyl (C=O) groups excluding carboxylic acids is 1. The van der Waals surface area contributed by atoms with E-state index in [1.54, 1.807) is 4.90 Å². The summed E-state index contributed by atoms with van der Waals surface area (Å²) in [7, 11) is 0. The highest BCUT2D eigenvalue weighted by molar-refractivity contribution is 8.26. The van der Waals surface area contributed by atoms with Gasteiger partial charge in [0.1, 0.15) is 10.1 Å². The van der Waals surface area contributed by atoms with E-state index in [4.69, 9.17) is 22.1 Å². The van der Waals surface area contributed by atoms with Crippen molar-refractivity contribution >= 4 is 46.3 Å². The molecule has 0 unspecified atom stereocenters. The van der Waals surface area contributed by atoms with Gasteiger partial charge in [0.05, 0.1) is 11.5 Å². The van der Waals surface area contributed by atoms with Crippen molar-refractivity contribution in [3.05, 3.63) is 34.7 Å². The van der Waals surface area contributed by atoms with E-state index < -0.39 is 5.97 Å². The highest BCUT2D eigenvalue weighted by Gasteiger charge is 2.31. The topological polar surface area (TPSA) is 66.8 Å². The standard InChI is InChI=1S/C20H25NO4S2/c1-2-3-13-25-16-10-8-15(9-11-16)14-17-19(24)21(20(26)27-17)12-6-4-5-7-18(22)23/h8-11,14H,2-7,12-13H2,1H3,(H,22,23)/b17-14-. The zero-order chi connectivity index (χ0) is 19.6. The van der Waals surface area contributed by atoms with Gasteiger partial charge in [0.25, 0.3) is 5.91 Å². The summed E-state index contributed by atoms with van der Waals surface area (Å²) in [4.78, 5) is 25.3. The first-order valence-electron chi connectivity index (χ1n) is 9.21. The van der Waals surface area contributed by atoms with Crippen molar-refractivity contribution in [3.63, 3.8) is 0 Å². The summed E-state index contributed by atoms with van der Waals surface area (Å²) in [5, 5.41) is 8.65. The third-order valence-electron chi connectivity index (χ3n) is 4.09. The van der Waals surface area contributed by atoms with E-state index >= 15 is 0 Å². The first-order chi connectivity index (χ1) is 13.0. The number of benzene rings is 1. The minimum absolute atomic E-state index is 0.0773. The molecule has 0 aromatic heterocycles. The number of hydrogen-bond donors (Lipinski definition) is 1. The van der Waals surface area contributed by atoms with Gasteiger partial charge in [-0.2, -0.15) is 0 Å². The number of ether oxygens (including phenoxy) is 1. The summed E-state index contributed by atoms with van der Waals surface area (Å²) in [6.45, 7) is 3.37. The minimum Gasteiger partial charge on any atom is -0.494 e. The molecule has 1 heterocycles. The number of thioether (sulfide) groups is 1. The van der Waals surface area contributed by atoms with Gasteiger partial charge in [0.2, 0.25) is 0 Å². The summed E-state index contributed by atoms with van der Waals surface area (Å²) in [5.74, 6) is -0.0358. The van der Waals surface area contributed by atoms with Crippen LogP contribution in [0.2, 0.25) is 0 Å². The van der Waals surface area contributed by atoms with Crippen LogP contribution in [0.15, 0.2) is 29.2 Å². The van der Waals surface area contributed by atoms with Crippen LogP contribution in [0.3, 0.4) is 0 Å². The lowest BCUT2D eigenvalue weighted by Gasteiger charge is -2.13. The van der Waals surface area contributed by atoms with Crippen molar-refractivity contribution in [2.24, 2.45) is 0 Å². The molecule has 0 radical (unpaired) electrons. The molecule has 1 aliphatic rings. The van der Waals surface area contributed by atoms with E-state index in [0.29, 0.717) is 28.8 Å².